The molecule has 0 spiro atoms. The minimum absolute atomic E-state index is 0.0932. The molecule has 1 amide bonds. The predicted octanol–water partition coefficient (Wildman–Crippen LogP) is 2.22. The van der Waals surface area contributed by atoms with E-state index in [4.69, 9.17) is 18.9 Å². The minimum Gasteiger partial charge on any atom is -0.496 e. The van der Waals surface area contributed by atoms with E-state index in [0.29, 0.717) is 26.1 Å². The van der Waals surface area contributed by atoms with Gasteiger partial charge in [-0.25, -0.2) is 0 Å². The summed E-state index contributed by atoms with van der Waals surface area (Å²) in [4.78, 5) is 12.0. The van der Waals surface area contributed by atoms with E-state index >= 15 is 0 Å². The van der Waals surface area contributed by atoms with Gasteiger partial charge in [0.15, 0.2) is 5.79 Å². The zero-order valence-electron chi connectivity index (χ0n) is 15.4. The predicted molar refractivity (Wildman–Crippen MR) is 93.0 cm³/mol. The van der Waals surface area contributed by atoms with Crippen molar-refractivity contribution in [2.24, 2.45) is 0 Å². The number of methoxy groups -OCH3 is 2. The summed E-state index contributed by atoms with van der Waals surface area (Å²) in [6, 6.07) is 3.84. The van der Waals surface area contributed by atoms with E-state index in [1.54, 1.807) is 14.2 Å². The summed E-state index contributed by atoms with van der Waals surface area (Å²) >= 11 is 0. The van der Waals surface area contributed by atoms with Crippen molar-refractivity contribution in [3.63, 3.8) is 0 Å². The molecule has 3 rings (SSSR count). The Hall–Kier alpha value is -1.79. The summed E-state index contributed by atoms with van der Waals surface area (Å²) in [6.07, 6.45) is 2.89. The molecule has 1 heterocycles. The lowest BCUT2D eigenvalue weighted by Crippen LogP contribution is -2.68. The van der Waals surface area contributed by atoms with Crippen LogP contribution >= 0.6 is 0 Å². The Morgan fingerprint density at radius 1 is 1.12 bits per heavy atom. The van der Waals surface area contributed by atoms with Crippen molar-refractivity contribution in [1.29, 1.82) is 0 Å². The lowest BCUT2D eigenvalue weighted by atomic mass is 9.72. The first kappa shape index (κ1) is 18.0. The molecular weight excluding hydrogens is 322 g/mol. The van der Waals surface area contributed by atoms with Gasteiger partial charge in [0.1, 0.15) is 11.5 Å². The molecule has 1 aliphatic heterocycles. The maximum atomic E-state index is 12.0. The highest BCUT2D eigenvalue weighted by Crippen LogP contribution is 2.45. The number of hydrogen-bond acceptors (Lipinski definition) is 5. The maximum Gasteiger partial charge on any atom is 0.217 e. The van der Waals surface area contributed by atoms with Crippen LogP contribution in [0.2, 0.25) is 0 Å². The van der Waals surface area contributed by atoms with Crippen LogP contribution in [0.3, 0.4) is 0 Å². The van der Waals surface area contributed by atoms with Crippen molar-refractivity contribution >= 4 is 5.91 Å². The monoisotopic (exact) mass is 349 g/mol. The molecule has 1 unspecified atom stereocenters. The summed E-state index contributed by atoms with van der Waals surface area (Å²) in [5.41, 5.74) is 1.52. The molecule has 1 saturated heterocycles. The molecule has 1 fully saturated rings. The fourth-order valence-electron chi connectivity index (χ4n) is 4.08. The number of rotatable bonds is 4. The zero-order valence-corrected chi connectivity index (χ0v) is 15.4. The molecule has 0 radical (unpaired) electrons. The van der Waals surface area contributed by atoms with Crippen molar-refractivity contribution in [2.75, 3.05) is 27.4 Å². The summed E-state index contributed by atoms with van der Waals surface area (Å²) in [7, 11) is 3.33. The molecule has 6 heteroatoms. The molecule has 0 saturated carbocycles. The van der Waals surface area contributed by atoms with E-state index in [0.717, 1.165) is 35.5 Å². The highest BCUT2D eigenvalue weighted by molar-refractivity contribution is 5.74. The molecule has 138 valence electrons. The lowest BCUT2D eigenvalue weighted by Gasteiger charge is -2.51. The molecule has 1 aromatic carbocycles. The van der Waals surface area contributed by atoms with E-state index < -0.39 is 11.3 Å². The summed E-state index contributed by atoms with van der Waals surface area (Å²) in [5.74, 6) is 0.680. The van der Waals surface area contributed by atoms with E-state index in [-0.39, 0.29) is 5.91 Å². The van der Waals surface area contributed by atoms with Crippen molar-refractivity contribution in [1.82, 2.24) is 5.32 Å². The van der Waals surface area contributed by atoms with Crippen LogP contribution in [-0.4, -0.2) is 44.7 Å². The SMILES string of the molecule is COc1ccc(OC)c2c1CCC(NC(C)=O)(C1(C)OCCCO1)C2. The van der Waals surface area contributed by atoms with Crippen molar-refractivity contribution in [3.8, 4) is 11.5 Å². The Balaban J connectivity index is 2.07. The number of carbonyl (C=O) groups excluding carboxylic acids is 1. The van der Waals surface area contributed by atoms with Gasteiger partial charge in [-0.15, -0.1) is 0 Å². The molecule has 25 heavy (non-hydrogen) atoms. The fourth-order valence-corrected chi connectivity index (χ4v) is 4.08. The van der Waals surface area contributed by atoms with Crippen molar-refractivity contribution in [3.05, 3.63) is 23.3 Å². The zero-order chi connectivity index (χ0) is 18.1. The molecule has 0 bridgehead atoms. The lowest BCUT2D eigenvalue weighted by molar-refractivity contribution is -0.296. The Morgan fingerprint density at radius 3 is 2.28 bits per heavy atom. The molecule has 1 atom stereocenters. The van der Waals surface area contributed by atoms with Gasteiger partial charge in [-0.1, -0.05) is 0 Å². The number of hydrogen-bond donors (Lipinski definition) is 1. The van der Waals surface area contributed by atoms with Crippen LogP contribution < -0.4 is 14.8 Å². The number of ether oxygens (including phenoxy) is 4. The summed E-state index contributed by atoms with van der Waals surface area (Å²) in [6.45, 7) is 4.71. The molecule has 2 aliphatic rings. The third kappa shape index (κ3) is 3.09. The molecule has 0 aromatic heterocycles. The van der Waals surface area contributed by atoms with Gasteiger partial charge in [0.05, 0.1) is 33.0 Å². The van der Waals surface area contributed by atoms with Gasteiger partial charge in [0, 0.05) is 24.5 Å². The highest BCUT2D eigenvalue weighted by atomic mass is 16.7. The molecule has 1 N–H and O–H groups in total. The van der Waals surface area contributed by atoms with Gasteiger partial charge in [0.25, 0.3) is 0 Å². The number of nitrogens with one attached hydrogen (secondary N) is 1. The fraction of sp³-hybridized carbons (Fsp3) is 0.632. The van der Waals surface area contributed by atoms with Gasteiger partial charge in [-0.2, -0.15) is 0 Å². The first-order valence-corrected chi connectivity index (χ1v) is 8.74. The van der Waals surface area contributed by atoms with Crippen LogP contribution in [0.5, 0.6) is 11.5 Å². The second kappa shape index (κ2) is 6.84. The second-order valence-electron chi connectivity index (χ2n) is 6.86. The Kier molecular flexibility index (Phi) is 4.93. The van der Waals surface area contributed by atoms with Crippen LogP contribution in [-0.2, 0) is 27.1 Å². The molecule has 1 aliphatic carbocycles. The first-order valence-electron chi connectivity index (χ1n) is 8.74. The Morgan fingerprint density at radius 2 is 1.72 bits per heavy atom. The van der Waals surface area contributed by atoms with Gasteiger partial charge >= 0.3 is 0 Å². The summed E-state index contributed by atoms with van der Waals surface area (Å²) in [5, 5.41) is 3.15. The van der Waals surface area contributed by atoms with E-state index in [2.05, 4.69) is 5.32 Å². The van der Waals surface area contributed by atoms with Crippen LogP contribution in [0, 0.1) is 0 Å². The second-order valence-corrected chi connectivity index (χ2v) is 6.86. The smallest absolute Gasteiger partial charge is 0.217 e. The largest absolute Gasteiger partial charge is 0.496 e. The molecular formula is C19H27NO5. The normalized spacial score (nSPS) is 25.0. The van der Waals surface area contributed by atoms with E-state index in [1.807, 2.05) is 19.1 Å². The van der Waals surface area contributed by atoms with Crippen molar-refractivity contribution in [2.45, 2.75) is 50.9 Å². The molecule has 6 nitrogen and oxygen atoms in total. The quantitative estimate of drug-likeness (QED) is 0.903. The van der Waals surface area contributed by atoms with Gasteiger partial charge < -0.3 is 24.3 Å². The topological polar surface area (TPSA) is 66.0 Å². The average Bonchev–Trinajstić information content (AvgIpc) is 2.60. The third-order valence-electron chi connectivity index (χ3n) is 5.39. The minimum atomic E-state index is -0.872. The Labute approximate surface area is 148 Å². The first-order chi connectivity index (χ1) is 11.9. The van der Waals surface area contributed by atoms with Crippen LogP contribution in [0.4, 0.5) is 0 Å². The average molecular weight is 349 g/mol. The van der Waals surface area contributed by atoms with Crippen molar-refractivity contribution < 1.29 is 23.7 Å². The van der Waals surface area contributed by atoms with Crippen LogP contribution in [0.15, 0.2) is 12.1 Å². The number of carbonyl (C=O) groups is 1. The standard InChI is InChI=1S/C19H27NO5/c1-13(21)20-19(18(2)24-10-5-11-25-18)9-8-14-15(12-19)17(23-4)7-6-16(14)22-3/h6-7H,5,8-12H2,1-4H3,(H,20,21). The van der Waals surface area contributed by atoms with Gasteiger partial charge in [-0.3, -0.25) is 4.79 Å². The Bertz CT molecular complexity index is 653. The molecule has 1 aromatic rings. The number of fused-ring (bicyclic) bond motifs is 1. The van der Waals surface area contributed by atoms with Gasteiger partial charge in [-0.05, 0) is 38.3 Å². The summed E-state index contributed by atoms with van der Waals surface area (Å²) < 4.78 is 23.2. The van der Waals surface area contributed by atoms with Crippen LogP contribution in [0.25, 0.3) is 0 Å². The van der Waals surface area contributed by atoms with E-state index in [1.165, 1.54) is 6.92 Å². The maximum absolute atomic E-state index is 12.0. The van der Waals surface area contributed by atoms with Gasteiger partial charge in [0.2, 0.25) is 5.91 Å². The highest BCUT2D eigenvalue weighted by Gasteiger charge is 2.54. The van der Waals surface area contributed by atoms with Crippen LogP contribution in [0.1, 0.15) is 37.8 Å². The van der Waals surface area contributed by atoms with E-state index in [9.17, 15) is 4.79 Å². The third-order valence-corrected chi connectivity index (χ3v) is 5.39. The number of benzene rings is 1. The number of amides is 1.